The van der Waals surface area contributed by atoms with E-state index in [1.807, 2.05) is 30.3 Å². The van der Waals surface area contributed by atoms with E-state index < -0.39 is 12.6 Å². The minimum Gasteiger partial charge on any atom is -0.314 e. The highest BCUT2D eigenvalue weighted by Gasteiger charge is 2.31. The Morgan fingerprint density at radius 3 is 2.25 bits per heavy atom. The van der Waals surface area contributed by atoms with Gasteiger partial charge >= 0.3 is 6.18 Å². The smallest absolute Gasteiger partial charge is 0.314 e. The first-order valence-electron chi connectivity index (χ1n) is 6.63. The topological polar surface area (TPSA) is 15.3 Å². The molecule has 2 nitrogen and oxygen atoms in total. The molecule has 1 aliphatic rings. The Morgan fingerprint density at radius 1 is 1.10 bits per heavy atom. The number of piperazine rings is 1. The lowest BCUT2D eigenvalue weighted by atomic mass is 9.99. The molecule has 0 aromatic heterocycles. The molecule has 0 radical (unpaired) electrons. The molecule has 0 amide bonds. The van der Waals surface area contributed by atoms with Gasteiger partial charge in [-0.15, -0.1) is 12.4 Å². The van der Waals surface area contributed by atoms with Crippen LogP contribution in [0.3, 0.4) is 0 Å². The summed E-state index contributed by atoms with van der Waals surface area (Å²) in [6.07, 6.45) is -4.68. The lowest BCUT2D eigenvalue weighted by Crippen LogP contribution is -2.45. The van der Waals surface area contributed by atoms with E-state index in [2.05, 4.69) is 10.2 Å². The van der Waals surface area contributed by atoms with Crippen molar-refractivity contribution < 1.29 is 13.2 Å². The van der Waals surface area contributed by atoms with Crippen LogP contribution in [0.4, 0.5) is 13.2 Å². The fourth-order valence-electron chi connectivity index (χ4n) is 2.53. The molecule has 0 saturated carbocycles. The Balaban J connectivity index is 0.00000200. The third kappa shape index (κ3) is 5.31. The largest absolute Gasteiger partial charge is 0.389 e. The van der Waals surface area contributed by atoms with Crippen molar-refractivity contribution in [2.75, 3.05) is 26.2 Å². The van der Waals surface area contributed by atoms with Gasteiger partial charge in [-0.05, 0) is 12.0 Å². The first-order chi connectivity index (χ1) is 9.06. The number of hydrogen-bond donors (Lipinski definition) is 1. The Hall–Kier alpha value is -0.780. The average Bonchev–Trinajstić information content (AvgIpc) is 2.40. The van der Waals surface area contributed by atoms with Crippen molar-refractivity contribution in [1.29, 1.82) is 0 Å². The fraction of sp³-hybridized carbons (Fsp3) is 0.571. The van der Waals surface area contributed by atoms with E-state index in [1.165, 1.54) is 0 Å². The molecule has 1 aromatic rings. The zero-order chi connectivity index (χ0) is 13.7. The molecule has 2 rings (SSSR count). The maximum atomic E-state index is 12.5. The highest BCUT2D eigenvalue weighted by molar-refractivity contribution is 5.85. The SMILES string of the molecule is Cl.FC(F)(F)CC[C@@H](c1ccccc1)N1CCNCC1. The van der Waals surface area contributed by atoms with Crippen LogP contribution in [-0.4, -0.2) is 37.3 Å². The summed E-state index contributed by atoms with van der Waals surface area (Å²) in [5.74, 6) is 0. The summed E-state index contributed by atoms with van der Waals surface area (Å²) >= 11 is 0. The molecule has 0 spiro atoms. The Bertz CT molecular complexity index is 378. The van der Waals surface area contributed by atoms with Crippen LogP contribution in [0.2, 0.25) is 0 Å². The van der Waals surface area contributed by atoms with Crippen molar-refractivity contribution in [3.05, 3.63) is 35.9 Å². The zero-order valence-corrected chi connectivity index (χ0v) is 12.0. The molecule has 1 aromatic carbocycles. The maximum Gasteiger partial charge on any atom is 0.389 e. The van der Waals surface area contributed by atoms with Crippen molar-refractivity contribution in [1.82, 2.24) is 10.2 Å². The van der Waals surface area contributed by atoms with E-state index in [0.29, 0.717) is 0 Å². The van der Waals surface area contributed by atoms with E-state index in [9.17, 15) is 13.2 Å². The number of hydrogen-bond acceptors (Lipinski definition) is 2. The summed E-state index contributed by atoms with van der Waals surface area (Å²) in [6.45, 7) is 3.29. The predicted molar refractivity (Wildman–Crippen MR) is 76.2 cm³/mol. The van der Waals surface area contributed by atoms with Crippen LogP contribution < -0.4 is 5.32 Å². The van der Waals surface area contributed by atoms with E-state index in [4.69, 9.17) is 0 Å². The lowest BCUT2D eigenvalue weighted by Gasteiger charge is -2.35. The third-order valence-electron chi connectivity index (χ3n) is 3.48. The van der Waals surface area contributed by atoms with Crippen LogP contribution in [0, 0.1) is 0 Å². The highest BCUT2D eigenvalue weighted by Crippen LogP contribution is 2.31. The summed E-state index contributed by atoms with van der Waals surface area (Å²) in [7, 11) is 0. The molecule has 6 heteroatoms. The van der Waals surface area contributed by atoms with Gasteiger partial charge in [0.25, 0.3) is 0 Å². The first kappa shape index (κ1) is 17.3. The Labute approximate surface area is 123 Å². The lowest BCUT2D eigenvalue weighted by molar-refractivity contribution is -0.138. The maximum absolute atomic E-state index is 12.5. The molecular formula is C14H20ClF3N2. The number of halogens is 4. The van der Waals surface area contributed by atoms with Gasteiger partial charge in [0, 0.05) is 38.6 Å². The van der Waals surface area contributed by atoms with Crippen LogP contribution in [0.15, 0.2) is 30.3 Å². The first-order valence-corrected chi connectivity index (χ1v) is 6.63. The summed E-state index contributed by atoms with van der Waals surface area (Å²) < 4.78 is 37.4. The van der Waals surface area contributed by atoms with Crippen LogP contribution >= 0.6 is 12.4 Å². The van der Waals surface area contributed by atoms with Gasteiger partial charge in [-0.2, -0.15) is 13.2 Å². The second-order valence-corrected chi connectivity index (χ2v) is 4.87. The molecule has 1 aliphatic heterocycles. The number of rotatable bonds is 4. The predicted octanol–water partition coefficient (Wildman–Crippen LogP) is 3.40. The van der Waals surface area contributed by atoms with Crippen LogP contribution in [0.5, 0.6) is 0 Å². The van der Waals surface area contributed by atoms with Crippen LogP contribution in [0.1, 0.15) is 24.4 Å². The second-order valence-electron chi connectivity index (χ2n) is 4.87. The standard InChI is InChI=1S/C14H19F3N2.ClH/c15-14(16,17)7-6-13(12-4-2-1-3-5-12)19-10-8-18-9-11-19;/h1-5,13,18H,6-11H2;1H/t13-;/m0./s1. The summed E-state index contributed by atoms with van der Waals surface area (Å²) in [5, 5.41) is 3.23. The van der Waals surface area contributed by atoms with Gasteiger partial charge in [0.2, 0.25) is 0 Å². The fourth-order valence-corrected chi connectivity index (χ4v) is 2.53. The van der Waals surface area contributed by atoms with Crippen molar-refractivity contribution in [2.24, 2.45) is 0 Å². The molecule has 114 valence electrons. The third-order valence-corrected chi connectivity index (χ3v) is 3.48. The second kappa shape index (κ2) is 7.86. The minimum absolute atomic E-state index is 0. The molecular weight excluding hydrogens is 289 g/mol. The van der Waals surface area contributed by atoms with Gasteiger partial charge in [-0.1, -0.05) is 30.3 Å². The van der Waals surface area contributed by atoms with Gasteiger partial charge in [-0.25, -0.2) is 0 Å². The molecule has 0 aliphatic carbocycles. The van der Waals surface area contributed by atoms with Gasteiger partial charge < -0.3 is 5.32 Å². The molecule has 1 N–H and O–H groups in total. The number of nitrogens with zero attached hydrogens (tertiary/aromatic N) is 1. The normalized spacial score (nSPS) is 18.4. The highest BCUT2D eigenvalue weighted by atomic mass is 35.5. The molecule has 0 unspecified atom stereocenters. The monoisotopic (exact) mass is 308 g/mol. The number of benzene rings is 1. The number of alkyl halides is 3. The molecule has 1 saturated heterocycles. The Morgan fingerprint density at radius 2 is 1.70 bits per heavy atom. The van der Waals surface area contributed by atoms with Crippen molar-refractivity contribution in [3.8, 4) is 0 Å². The van der Waals surface area contributed by atoms with Crippen LogP contribution in [-0.2, 0) is 0 Å². The van der Waals surface area contributed by atoms with E-state index in [-0.39, 0.29) is 24.9 Å². The van der Waals surface area contributed by atoms with E-state index >= 15 is 0 Å². The molecule has 20 heavy (non-hydrogen) atoms. The number of nitrogens with one attached hydrogen (secondary N) is 1. The van der Waals surface area contributed by atoms with Gasteiger partial charge in [0.1, 0.15) is 0 Å². The summed E-state index contributed by atoms with van der Waals surface area (Å²) in [4.78, 5) is 2.15. The van der Waals surface area contributed by atoms with E-state index in [1.54, 1.807) is 0 Å². The Kier molecular flexibility index (Phi) is 6.79. The van der Waals surface area contributed by atoms with Crippen molar-refractivity contribution in [3.63, 3.8) is 0 Å². The minimum atomic E-state index is -4.08. The van der Waals surface area contributed by atoms with Gasteiger partial charge in [0.05, 0.1) is 0 Å². The average molecular weight is 309 g/mol. The zero-order valence-electron chi connectivity index (χ0n) is 11.2. The van der Waals surface area contributed by atoms with Crippen LogP contribution in [0.25, 0.3) is 0 Å². The summed E-state index contributed by atoms with van der Waals surface area (Å²) in [6, 6.07) is 9.37. The quantitative estimate of drug-likeness (QED) is 0.917. The molecule has 0 bridgehead atoms. The molecule has 1 fully saturated rings. The van der Waals surface area contributed by atoms with Gasteiger partial charge in [0.15, 0.2) is 0 Å². The van der Waals surface area contributed by atoms with Gasteiger partial charge in [-0.3, -0.25) is 4.90 Å². The van der Waals surface area contributed by atoms with E-state index in [0.717, 1.165) is 31.7 Å². The molecule has 1 heterocycles. The molecule has 1 atom stereocenters. The van der Waals surface area contributed by atoms with Crippen molar-refractivity contribution in [2.45, 2.75) is 25.1 Å². The summed E-state index contributed by atoms with van der Waals surface area (Å²) in [5.41, 5.74) is 0.980. The van der Waals surface area contributed by atoms with Crippen molar-refractivity contribution >= 4 is 12.4 Å².